The van der Waals surface area contributed by atoms with E-state index >= 15 is 0 Å². The summed E-state index contributed by atoms with van der Waals surface area (Å²) in [4.78, 5) is 42.0. The van der Waals surface area contributed by atoms with Gasteiger partial charge in [0.15, 0.2) is 11.2 Å². The minimum atomic E-state index is -0.552. The van der Waals surface area contributed by atoms with Crippen molar-refractivity contribution < 1.29 is 4.79 Å². The minimum absolute atomic E-state index is 0.255. The predicted molar refractivity (Wildman–Crippen MR) is 106 cm³/mol. The van der Waals surface area contributed by atoms with E-state index in [1.807, 2.05) is 25.3 Å². The molecule has 3 aromatic heterocycles. The van der Waals surface area contributed by atoms with Gasteiger partial charge in [0, 0.05) is 19.3 Å². The third-order valence-corrected chi connectivity index (χ3v) is 5.17. The fraction of sp³-hybridized carbons (Fsp3) is 0.526. The Kier molecular flexibility index (Phi) is 5.10. The van der Waals surface area contributed by atoms with Crippen LogP contribution in [-0.2, 0) is 24.9 Å². The van der Waals surface area contributed by atoms with E-state index in [1.165, 1.54) is 11.5 Å². The van der Waals surface area contributed by atoms with E-state index in [0.29, 0.717) is 23.7 Å². The summed E-state index contributed by atoms with van der Waals surface area (Å²) in [6.45, 7) is 9.59. The minimum Gasteiger partial charge on any atom is -0.302 e. The molecular weight excluding hydrogens is 360 g/mol. The second-order valence-corrected chi connectivity index (χ2v) is 7.23. The number of carbonyl (C=O) groups is 1. The Morgan fingerprint density at radius 3 is 2.32 bits per heavy atom. The lowest BCUT2D eigenvalue weighted by atomic mass is 10.2. The molecule has 0 saturated carbocycles. The van der Waals surface area contributed by atoms with E-state index in [2.05, 4.69) is 17.0 Å². The molecule has 9 nitrogen and oxygen atoms in total. The maximum Gasteiger partial charge on any atom is 0.332 e. The van der Waals surface area contributed by atoms with E-state index in [-0.39, 0.29) is 12.3 Å². The van der Waals surface area contributed by atoms with Crippen LogP contribution in [0.15, 0.2) is 9.59 Å². The number of nitrogens with zero attached hydrogens (tertiary/aromatic N) is 6. The molecule has 0 N–H and O–H groups in total. The fourth-order valence-corrected chi connectivity index (χ4v) is 3.33. The molecule has 3 aromatic rings. The lowest BCUT2D eigenvalue weighted by Gasteiger charge is -2.10. The topological polar surface area (TPSA) is 96.7 Å². The van der Waals surface area contributed by atoms with Gasteiger partial charge in [-0.3, -0.25) is 18.7 Å². The van der Waals surface area contributed by atoms with Crippen LogP contribution in [0, 0.1) is 20.8 Å². The van der Waals surface area contributed by atoms with E-state index in [4.69, 9.17) is 0 Å². The lowest BCUT2D eigenvalue weighted by molar-refractivity contribution is -0.117. The molecule has 0 unspecified atom stereocenters. The molecule has 0 radical (unpaired) electrons. The van der Waals surface area contributed by atoms with Gasteiger partial charge >= 0.3 is 5.69 Å². The normalized spacial score (nSPS) is 11.5. The Hall–Kier alpha value is -2.97. The Bertz CT molecular complexity index is 1190. The summed E-state index contributed by atoms with van der Waals surface area (Å²) in [5, 5.41) is 4.58. The van der Waals surface area contributed by atoms with Crippen molar-refractivity contribution in [2.24, 2.45) is 7.05 Å². The lowest BCUT2D eigenvalue weighted by Crippen LogP contribution is -2.41. The van der Waals surface area contributed by atoms with Gasteiger partial charge in [-0.25, -0.2) is 9.48 Å². The molecule has 0 spiro atoms. The highest BCUT2D eigenvalue weighted by Gasteiger charge is 2.23. The second kappa shape index (κ2) is 7.21. The van der Waals surface area contributed by atoms with Gasteiger partial charge in [0.05, 0.1) is 12.2 Å². The summed E-state index contributed by atoms with van der Waals surface area (Å²) < 4.78 is 5.84. The second-order valence-electron chi connectivity index (χ2n) is 7.23. The van der Waals surface area contributed by atoms with Gasteiger partial charge in [-0.15, -0.1) is 0 Å². The largest absolute Gasteiger partial charge is 0.332 e. The summed E-state index contributed by atoms with van der Waals surface area (Å²) in [5.41, 5.74) is 2.43. The van der Waals surface area contributed by atoms with Crippen molar-refractivity contribution >= 4 is 16.9 Å². The number of hydrogen-bond acceptors (Lipinski definition) is 5. The molecule has 9 heteroatoms. The van der Waals surface area contributed by atoms with Gasteiger partial charge in [-0.1, -0.05) is 13.3 Å². The number of fused-ring (bicyclic) bond motifs is 1. The number of Topliss-reactive ketones (excluding diaryl/α,β-unsaturated/α-hetero) is 1. The highest BCUT2D eigenvalue weighted by molar-refractivity contribution is 5.76. The zero-order chi connectivity index (χ0) is 20.7. The molecule has 150 valence electrons. The molecule has 0 atom stereocenters. The first-order valence-corrected chi connectivity index (χ1v) is 9.41. The maximum atomic E-state index is 13.1. The molecule has 0 bridgehead atoms. The third kappa shape index (κ3) is 3.00. The van der Waals surface area contributed by atoms with Crippen LogP contribution < -0.4 is 11.2 Å². The number of hydrogen-bond donors (Lipinski definition) is 0. The van der Waals surface area contributed by atoms with Crippen molar-refractivity contribution in [3.8, 4) is 5.95 Å². The smallest absolute Gasteiger partial charge is 0.302 e. The number of aryl methyl sites for hydroxylation is 3. The average Bonchev–Trinajstić information content (AvgIpc) is 3.14. The summed E-state index contributed by atoms with van der Waals surface area (Å²) in [7, 11) is 1.56. The summed E-state index contributed by atoms with van der Waals surface area (Å²) >= 11 is 0. The Labute approximate surface area is 162 Å². The number of ketones is 1. The quantitative estimate of drug-likeness (QED) is 0.638. The van der Waals surface area contributed by atoms with Crippen molar-refractivity contribution in [2.45, 2.75) is 60.5 Å². The van der Waals surface area contributed by atoms with Gasteiger partial charge in [-0.05, 0) is 39.7 Å². The van der Waals surface area contributed by atoms with Crippen molar-refractivity contribution in [1.82, 2.24) is 28.5 Å². The SMILES string of the molecule is CCCCn1c(-n2nc(C)c(C)c2C)nc2c1c(=O)n(CC(C)=O)c(=O)n2C. The van der Waals surface area contributed by atoms with Crippen molar-refractivity contribution in [2.75, 3.05) is 0 Å². The molecule has 0 aliphatic carbocycles. The van der Waals surface area contributed by atoms with Crippen molar-refractivity contribution in [1.29, 1.82) is 0 Å². The number of imidazole rings is 1. The van der Waals surface area contributed by atoms with Crippen LogP contribution in [0.25, 0.3) is 17.1 Å². The Morgan fingerprint density at radius 1 is 1.11 bits per heavy atom. The molecule has 0 aliphatic rings. The highest BCUT2D eigenvalue weighted by Crippen LogP contribution is 2.20. The Morgan fingerprint density at radius 2 is 1.79 bits per heavy atom. The standard InChI is InChI=1S/C19H26N6O3/c1-7-8-9-23-15-16(20-18(23)25-14(5)12(3)13(4)21-25)22(6)19(28)24(17(15)27)10-11(2)26/h7-10H2,1-6H3. The van der Waals surface area contributed by atoms with Crippen LogP contribution in [0.5, 0.6) is 0 Å². The van der Waals surface area contributed by atoms with Gasteiger partial charge in [-0.2, -0.15) is 10.1 Å². The van der Waals surface area contributed by atoms with Crippen LogP contribution in [0.4, 0.5) is 0 Å². The van der Waals surface area contributed by atoms with Gasteiger partial charge in [0.25, 0.3) is 5.56 Å². The zero-order valence-electron chi connectivity index (χ0n) is 17.2. The maximum absolute atomic E-state index is 13.1. The van der Waals surface area contributed by atoms with Crippen LogP contribution in [0.1, 0.15) is 43.6 Å². The first-order chi connectivity index (χ1) is 13.2. The van der Waals surface area contributed by atoms with Gasteiger partial charge in [0.2, 0.25) is 5.95 Å². The van der Waals surface area contributed by atoms with Crippen molar-refractivity contribution in [3.63, 3.8) is 0 Å². The molecule has 0 aliphatic heterocycles. The molecule has 28 heavy (non-hydrogen) atoms. The molecule has 0 fully saturated rings. The number of unbranched alkanes of at least 4 members (excludes halogenated alkanes) is 1. The molecule has 3 heterocycles. The zero-order valence-corrected chi connectivity index (χ0v) is 17.2. The monoisotopic (exact) mass is 386 g/mol. The molecular formula is C19H26N6O3. The molecule has 3 rings (SSSR count). The van der Waals surface area contributed by atoms with E-state index in [9.17, 15) is 14.4 Å². The molecule has 0 saturated heterocycles. The van der Waals surface area contributed by atoms with Crippen molar-refractivity contribution in [3.05, 3.63) is 37.8 Å². The number of rotatable bonds is 6. The predicted octanol–water partition coefficient (Wildman–Crippen LogP) is 1.40. The first kappa shape index (κ1) is 19.8. The van der Waals surface area contributed by atoms with Crippen LogP contribution in [-0.4, -0.2) is 34.2 Å². The molecule has 0 aromatic carbocycles. The fourth-order valence-electron chi connectivity index (χ4n) is 3.33. The Balaban J connectivity index is 2.43. The first-order valence-electron chi connectivity index (χ1n) is 9.41. The van der Waals surface area contributed by atoms with Crippen LogP contribution >= 0.6 is 0 Å². The summed E-state index contributed by atoms with van der Waals surface area (Å²) in [6, 6.07) is 0. The third-order valence-electron chi connectivity index (χ3n) is 5.17. The van der Waals surface area contributed by atoms with E-state index in [1.54, 1.807) is 11.7 Å². The average molecular weight is 386 g/mol. The highest BCUT2D eigenvalue weighted by atomic mass is 16.2. The van der Waals surface area contributed by atoms with Gasteiger partial charge in [0.1, 0.15) is 5.78 Å². The number of carbonyl (C=O) groups excluding carboxylic acids is 1. The van der Waals surface area contributed by atoms with E-state index in [0.717, 1.165) is 34.4 Å². The van der Waals surface area contributed by atoms with Gasteiger partial charge < -0.3 is 4.57 Å². The van der Waals surface area contributed by atoms with E-state index < -0.39 is 11.2 Å². The number of aromatic nitrogens is 6. The van der Waals surface area contributed by atoms with Crippen LogP contribution in [0.2, 0.25) is 0 Å². The molecule has 0 amide bonds. The van der Waals surface area contributed by atoms with Crippen LogP contribution in [0.3, 0.4) is 0 Å². The summed E-state index contributed by atoms with van der Waals surface area (Å²) in [6.07, 6.45) is 1.77. The summed E-state index contributed by atoms with van der Waals surface area (Å²) in [5.74, 6) is 0.248.